The molecule has 1 unspecified atom stereocenters. The lowest BCUT2D eigenvalue weighted by Crippen LogP contribution is -2.36. The van der Waals surface area contributed by atoms with Gasteiger partial charge in [-0.2, -0.15) is 0 Å². The monoisotopic (exact) mass is 534 g/mol. The lowest BCUT2D eigenvalue weighted by molar-refractivity contribution is -0.113. The zero-order valence-electron chi connectivity index (χ0n) is 21.4. The van der Waals surface area contributed by atoms with Crippen molar-refractivity contribution in [3.8, 4) is 5.88 Å². The molecule has 2 aromatic heterocycles. The van der Waals surface area contributed by atoms with Crippen molar-refractivity contribution in [3.05, 3.63) is 42.6 Å². The van der Waals surface area contributed by atoms with Crippen molar-refractivity contribution in [2.24, 2.45) is 5.92 Å². The summed E-state index contributed by atoms with van der Waals surface area (Å²) in [5.74, 6) is 1.46. The number of fused-ring (bicyclic) bond motifs is 2. The number of pyridine rings is 2. The van der Waals surface area contributed by atoms with Gasteiger partial charge in [0.05, 0.1) is 36.3 Å². The molecule has 6 rings (SSSR count). The van der Waals surface area contributed by atoms with Crippen LogP contribution in [0.4, 0.5) is 21.9 Å². The van der Waals surface area contributed by atoms with E-state index in [1.165, 1.54) is 11.8 Å². The first kappa shape index (κ1) is 24.7. The topological polar surface area (TPSA) is 100 Å². The highest BCUT2D eigenvalue weighted by Gasteiger charge is 2.34. The van der Waals surface area contributed by atoms with Gasteiger partial charge in [-0.1, -0.05) is 0 Å². The van der Waals surface area contributed by atoms with Gasteiger partial charge >= 0.3 is 6.09 Å². The van der Waals surface area contributed by atoms with Crippen molar-refractivity contribution < 1.29 is 19.1 Å². The Hall–Kier alpha value is -3.57. The van der Waals surface area contributed by atoms with E-state index < -0.39 is 0 Å². The minimum absolute atomic E-state index is 0.0262. The number of likely N-dealkylation sites (N-methyl/N-ethyl adjacent to an activating group) is 1. The van der Waals surface area contributed by atoms with Gasteiger partial charge in [0, 0.05) is 49.0 Å². The number of thioether (sulfide) groups is 1. The van der Waals surface area contributed by atoms with Gasteiger partial charge in [0.25, 0.3) is 0 Å². The van der Waals surface area contributed by atoms with E-state index in [1.54, 1.807) is 12.0 Å². The number of aromatic nitrogens is 2. The Kier molecular flexibility index (Phi) is 6.71. The molecule has 0 aliphatic carbocycles. The van der Waals surface area contributed by atoms with E-state index in [0.717, 1.165) is 59.0 Å². The Morgan fingerprint density at radius 3 is 2.95 bits per heavy atom. The molecule has 11 heteroatoms. The number of amides is 2. The number of carbonyl (C=O) groups is 2. The van der Waals surface area contributed by atoms with Gasteiger partial charge in [0.1, 0.15) is 11.6 Å². The van der Waals surface area contributed by atoms with Gasteiger partial charge in [-0.15, -0.1) is 11.8 Å². The van der Waals surface area contributed by atoms with E-state index in [-0.39, 0.29) is 18.1 Å². The Bertz CT molecular complexity index is 1390. The van der Waals surface area contributed by atoms with Gasteiger partial charge in [-0.3, -0.25) is 14.7 Å². The van der Waals surface area contributed by atoms with Crippen LogP contribution in [0, 0.1) is 5.92 Å². The van der Waals surface area contributed by atoms with Crippen LogP contribution in [-0.2, 0) is 9.53 Å². The van der Waals surface area contributed by atoms with Gasteiger partial charge in [0.15, 0.2) is 0 Å². The molecule has 198 valence electrons. The molecule has 38 heavy (non-hydrogen) atoms. The number of rotatable bonds is 7. The van der Waals surface area contributed by atoms with E-state index in [0.29, 0.717) is 30.6 Å². The van der Waals surface area contributed by atoms with Gasteiger partial charge in [0.2, 0.25) is 11.8 Å². The minimum Gasteiger partial charge on any atom is -0.481 e. The van der Waals surface area contributed by atoms with Crippen molar-refractivity contribution in [2.45, 2.75) is 17.4 Å². The lowest BCUT2D eigenvalue weighted by Gasteiger charge is -2.24. The fourth-order valence-corrected chi connectivity index (χ4v) is 6.28. The zero-order chi connectivity index (χ0) is 26.2. The molecule has 0 radical (unpaired) electrons. The van der Waals surface area contributed by atoms with Crippen LogP contribution in [0.15, 0.2) is 47.5 Å². The summed E-state index contributed by atoms with van der Waals surface area (Å²) in [6.45, 7) is 3.93. The van der Waals surface area contributed by atoms with Crippen LogP contribution in [0.5, 0.6) is 5.88 Å². The second kappa shape index (κ2) is 10.3. The molecule has 10 nitrogen and oxygen atoms in total. The summed E-state index contributed by atoms with van der Waals surface area (Å²) in [5.41, 5.74) is 4.29. The average molecular weight is 535 g/mol. The summed E-state index contributed by atoms with van der Waals surface area (Å²) in [6.07, 6.45) is 2.34. The maximum absolute atomic E-state index is 12.7. The van der Waals surface area contributed by atoms with Crippen molar-refractivity contribution in [1.82, 2.24) is 14.9 Å². The van der Waals surface area contributed by atoms with Crippen molar-refractivity contribution in [1.29, 1.82) is 0 Å². The third-order valence-corrected chi connectivity index (χ3v) is 8.31. The average Bonchev–Trinajstić information content (AvgIpc) is 3.53. The number of cyclic esters (lactones) is 1. The molecule has 2 saturated heterocycles. The number of hydrogen-bond acceptors (Lipinski definition) is 9. The molecule has 5 heterocycles. The Morgan fingerprint density at radius 1 is 1.18 bits per heavy atom. The largest absolute Gasteiger partial charge is 0.481 e. The number of nitrogens with one attached hydrogen (secondary N) is 1. The molecule has 1 N–H and O–H groups in total. The van der Waals surface area contributed by atoms with Crippen LogP contribution in [0.3, 0.4) is 0 Å². The summed E-state index contributed by atoms with van der Waals surface area (Å²) in [5, 5.41) is 2.89. The molecule has 3 aliphatic heterocycles. The van der Waals surface area contributed by atoms with Crippen LogP contribution >= 0.6 is 11.8 Å². The first-order valence-electron chi connectivity index (χ1n) is 12.7. The van der Waals surface area contributed by atoms with E-state index in [2.05, 4.69) is 32.1 Å². The number of methoxy groups -OCH3 is 1. The molecule has 0 spiro atoms. The van der Waals surface area contributed by atoms with E-state index in [1.807, 2.05) is 42.6 Å². The van der Waals surface area contributed by atoms with Crippen molar-refractivity contribution in [2.75, 3.05) is 67.8 Å². The fraction of sp³-hybridized carbons (Fsp3) is 0.407. The highest BCUT2D eigenvalue weighted by atomic mass is 32.2. The zero-order valence-corrected chi connectivity index (χ0v) is 22.2. The normalized spacial score (nSPS) is 21.1. The van der Waals surface area contributed by atoms with E-state index >= 15 is 0 Å². The second-order valence-corrected chi connectivity index (χ2v) is 11.0. The van der Waals surface area contributed by atoms with E-state index in [9.17, 15) is 9.59 Å². The van der Waals surface area contributed by atoms with Crippen molar-refractivity contribution in [3.63, 3.8) is 0 Å². The fourth-order valence-electron chi connectivity index (χ4n) is 5.49. The summed E-state index contributed by atoms with van der Waals surface area (Å²) in [4.78, 5) is 40.8. The smallest absolute Gasteiger partial charge is 0.414 e. The summed E-state index contributed by atoms with van der Waals surface area (Å²) >= 11 is 1.50. The van der Waals surface area contributed by atoms with Crippen LogP contribution in [-0.4, -0.2) is 85.6 Å². The second-order valence-electron chi connectivity index (χ2n) is 10.0. The first-order valence-corrected chi connectivity index (χ1v) is 13.7. The van der Waals surface area contributed by atoms with Gasteiger partial charge in [-0.25, -0.2) is 9.78 Å². The quantitative estimate of drug-likeness (QED) is 0.488. The number of benzene rings is 1. The molecular weight excluding hydrogens is 504 g/mol. The lowest BCUT2D eigenvalue weighted by atomic mass is 10.1. The molecule has 3 aliphatic rings. The SMILES string of the molecule is COc1ccc2nccc(N3CCC(CN(C)C[C@@H]4CN(c5ccc6c(c5)NC(=O)CS6)C(=O)O4)C3)c2n1. The highest BCUT2D eigenvalue weighted by Crippen LogP contribution is 2.36. The number of ether oxygens (including phenoxy) is 2. The van der Waals surface area contributed by atoms with Crippen LogP contribution < -0.4 is 19.9 Å². The van der Waals surface area contributed by atoms with Crippen LogP contribution in [0.2, 0.25) is 0 Å². The molecular formula is C27H30N6O4S. The molecule has 0 saturated carbocycles. The number of hydrogen-bond donors (Lipinski definition) is 1. The molecule has 2 amide bonds. The number of nitrogens with zero attached hydrogens (tertiary/aromatic N) is 5. The molecule has 3 aromatic rings. The molecule has 2 fully saturated rings. The number of carbonyl (C=O) groups excluding carboxylic acids is 2. The molecule has 2 atom stereocenters. The van der Waals surface area contributed by atoms with Crippen LogP contribution in [0.25, 0.3) is 11.0 Å². The standard InChI is InChI=1S/C27H30N6O4S/c1-31(12-17-8-10-32(13-17)22-7-9-28-20-4-6-25(36-2)30-26(20)22)14-19-15-33(27(35)37-19)18-3-5-23-21(11-18)29-24(34)16-38-23/h3-7,9,11,17,19H,8,10,12-16H2,1-2H3,(H,29,34)/t17?,19-/m1/s1. The predicted molar refractivity (Wildman–Crippen MR) is 147 cm³/mol. The molecule has 0 bridgehead atoms. The molecule has 1 aromatic carbocycles. The van der Waals surface area contributed by atoms with Gasteiger partial charge in [-0.05, 0) is 49.7 Å². The highest BCUT2D eigenvalue weighted by molar-refractivity contribution is 8.00. The van der Waals surface area contributed by atoms with Crippen molar-refractivity contribution >= 4 is 51.9 Å². The Balaban J connectivity index is 1.06. The van der Waals surface area contributed by atoms with E-state index in [4.69, 9.17) is 9.47 Å². The van der Waals surface area contributed by atoms with Gasteiger partial charge < -0.3 is 24.6 Å². The Morgan fingerprint density at radius 2 is 2.08 bits per heavy atom. The Labute approximate surface area is 225 Å². The number of anilines is 3. The first-order chi connectivity index (χ1) is 18.5. The summed E-state index contributed by atoms with van der Waals surface area (Å²) < 4.78 is 11.0. The van der Waals surface area contributed by atoms with Crippen LogP contribution in [0.1, 0.15) is 6.42 Å². The maximum Gasteiger partial charge on any atom is 0.414 e. The third kappa shape index (κ3) is 4.95. The maximum atomic E-state index is 12.7. The third-order valence-electron chi connectivity index (χ3n) is 7.24. The summed E-state index contributed by atoms with van der Waals surface area (Å²) in [7, 11) is 3.71. The predicted octanol–water partition coefficient (Wildman–Crippen LogP) is 3.47. The summed E-state index contributed by atoms with van der Waals surface area (Å²) in [6, 6.07) is 11.5. The minimum atomic E-state index is -0.349.